The van der Waals surface area contributed by atoms with Crippen molar-refractivity contribution in [1.29, 1.82) is 5.26 Å². The van der Waals surface area contributed by atoms with Gasteiger partial charge in [-0.2, -0.15) is 5.26 Å². The summed E-state index contributed by atoms with van der Waals surface area (Å²) < 4.78 is 0. The lowest BCUT2D eigenvalue weighted by molar-refractivity contribution is 0.608. The van der Waals surface area contributed by atoms with Crippen molar-refractivity contribution in [2.24, 2.45) is 0 Å². The fourth-order valence-corrected chi connectivity index (χ4v) is 1.46. The molecule has 5 nitrogen and oxygen atoms in total. The van der Waals surface area contributed by atoms with Gasteiger partial charge in [-0.05, 0) is 6.42 Å². The second-order valence-corrected chi connectivity index (χ2v) is 3.26. The Morgan fingerprint density at radius 2 is 2.29 bits per heavy atom. The quantitative estimate of drug-likeness (QED) is 0.654. The molecule has 14 heavy (non-hydrogen) atoms. The number of nitrogens with one attached hydrogen (secondary N) is 1. The first-order valence-corrected chi connectivity index (χ1v) is 4.40. The Bertz CT molecular complexity index is 453. The zero-order valence-corrected chi connectivity index (χ0v) is 7.58. The molecular weight excluding hydrogens is 180 g/mol. The number of hydrogen-bond acceptors (Lipinski definition) is 4. The summed E-state index contributed by atoms with van der Waals surface area (Å²) in [5.74, 6) is 0.559. The van der Waals surface area contributed by atoms with Gasteiger partial charge in [-0.25, -0.2) is 0 Å². The highest BCUT2D eigenvalue weighted by Gasteiger charge is 2.20. The number of H-pyrrole nitrogens is 1. The molecule has 72 valence electrons. The molecule has 2 heterocycles. The summed E-state index contributed by atoms with van der Waals surface area (Å²) in [6, 6.07) is 3.24. The van der Waals surface area contributed by atoms with Crippen molar-refractivity contribution >= 4 is 11.5 Å². The Hall–Kier alpha value is -1.96. The molecule has 0 bridgehead atoms. The monoisotopic (exact) mass is 190 g/mol. The van der Waals surface area contributed by atoms with E-state index in [1.807, 2.05) is 11.0 Å². The van der Waals surface area contributed by atoms with Crippen LogP contribution in [0.1, 0.15) is 12.0 Å². The van der Waals surface area contributed by atoms with E-state index in [2.05, 4.69) is 4.98 Å². The van der Waals surface area contributed by atoms with E-state index in [0.29, 0.717) is 11.4 Å². The molecule has 1 aliphatic heterocycles. The van der Waals surface area contributed by atoms with Gasteiger partial charge in [0.05, 0.1) is 5.69 Å². The molecule has 0 amide bonds. The minimum atomic E-state index is -0.261. The number of nitrogens with two attached hydrogens (primary N) is 1. The minimum Gasteiger partial charge on any atom is -0.397 e. The second kappa shape index (κ2) is 3.07. The van der Waals surface area contributed by atoms with Gasteiger partial charge in [-0.15, -0.1) is 0 Å². The van der Waals surface area contributed by atoms with E-state index >= 15 is 0 Å². The van der Waals surface area contributed by atoms with Gasteiger partial charge in [0.15, 0.2) is 0 Å². The number of aromatic amines is 1. The Labute approximate surface area is 80.8 Å². The van der Waals surface area contributed by atoms with Crippen LogP contribution in [0.25, 0.3) is 0 Å². The van der Waals surface area contributed by atoms with Crippen LogP contribution in [0.4, 0.5) is 11.5 Å². The van der Waals surface area contributed by atoms with E-state index in [9.17, 15) is 4.79 Å². The van der Waals surface area contributed by atoms with Gasteiger partial charge < -0.3 is 15.6 Å². The lowest BCUT2D eigenvalue weighted by Gasteiger charge is -2.33. The van der Waals surface area contributed by atoms with Gasteiger partial charge in [-0.3, -0.25) is 4.79 Å². The van der Waals surface area contributed by atoms with Crippen LogP contribution >= 0.6 is 0 Å². The maximum atomic E-state index is 11.2. The molecule has 0 aromatic carbocycles. The number of nitrogens with zero attached hydrogens (tertiary/aromatic N) is 2. The van der Waals surface area contributed by atoms with Crippen molar-refractivity contribution in [3.8, 4) is 6.07 Å². The molecule has 1 saturated heterocycles. The molecule has 3 N–H and O–H groups in total. The summed E-state index contributed by atoms with van der Waals surface area (Å²) in [5.41, 5.74) is 5.93. The molecule has 0 unspecified atom stereocenters. The van der Waals surface area contributed by atoms with Gasteiger partial charge in [0.2, 0.25) is 0 Å². The molecule has 1 aromatic rings. The van der Waals surface area contributed by atoms with Crippen LogP contribution in [0.2, 0.25) is 0 Å². The van der Waals surface area contributed by atoms with Gasteiger partial charge >= 0.3 is 0 Å². The van der Waals surface area contributed by atoms with E-state index < -0.39 is 0 Å². The molecule has 0 atom stereocenters. The van der Waals surface area contributed by atoms with Crippen LogP contribution in [-0.4, -0.2) is 18.1 Å². The van der Waals surface area contributed by atoms with Crippen molar-refractivity contribution in [2.45, 2.75) is 6.42 Å². The number of hydrogen-bond donors (Lipinski definition) is 2. The van der Waals surface area contributed by atoms with Crippen LogP contribution in [0.15, 0.2) is 10.9 Å². The van der Waals surface area contributed by atoms with Gasteiger partial charge in [0.25, 0.3) is 5.56 Å². The Balaban J connectivity index is 2.56. The van der Waals surface area contributed by atoms with Gasteiger partial charge in [0.1, 0.15) is 17.5 Å². The molecule has 0 saturated carbocycles. The van der Waals surface area contributed by atoms with Crippen molar-refractivity contribution in [3.63, 3.8) is 0 Å². The summed E-state index contributed by atoms with van der Waals surface area (Å²) in [5, 5.41) is 8.88. The van der Waals surface area contributed by atoms with Gasteiger partial charge in [-0.1, -0.05) is 0 Å². The standard InChI is InChI=1S/C9H10N4O/c10-5-6-7(11)4-8(14)12-9(6)13-2-1-3-13/h4H,1-3H2,(H3,11,12,14). The number of nitriles is 1. The first kappa shape index (κ1) is 8.63. The third kappa shape index (κ3) is 1.21. The maximum absolute atomic E-state index is 11.2. The Kier molecular flexibility index (Phi) is 1.89. The lowest BCUT2D eigenvalue weighted by atomic mass is 10.1. The van der Waals surface area contributed by atoms with Crippen LogP contribution < -0.4 is 16.2 Å². The van der Waals surface area contributed by atoms with E-state index in [-0.39, 0.29) is 11.2 Å². The highest BCUT2D eigenvalue weighted by atomic mass is 16.1. The first-order valence-electron chi connectivity index (χ1n) is 4.40. The number of nitrogen functional groups attached to an aromatic ring is 1. The molecule has 1 aliphatic rings. The molecule has 0 aliphatic carbocycles. The van der Waals surface area contributed by atoms with Crippen molar-refractivity contribution in [1.82, 2.24) is 4.98 Å². The van der Waals surface area contributed by atoms with E-state index in [4.69, 9.17) is 11.0 Å². The minimum absolute atomic E-state index is 0.248. The third-order valence-electron chi connectivity index (χ3n) is 2.34. The van der Waals surface area contributed by atoms with E-state index in [0.717, 1.165) is 19.5 Å². The van der Waals surface area contributed by atoms with Crippen molar-refractivity contribution in [2.75, 3.05) is 23.7 Å². The van der Waals surface area contributed by atoms with Crippen LogP contribution in [0.3, 0.4) is 0 Å². The highest BCUT2D eigenvalue weighted by molar-refractivity contribution is 5.66. The van der Waals surface area contributed by atoms with E-state index in [1.54, 1.807) is 0 Å². The molecule has 1 fully saturated rings. The second-order valence-electron chi connectivity index (χ2n) is 3.26. The number of anilines is 2. The van der Waals surface area contributed by atoms with Crippen LogP contribution in [0, 0.1) is 11.3 Å². The highest BCUT2D eigenvalue weighted by Crippen LogP contribution is 2.24. The molecule has 5 heteroatoms. The fraction of sp³-hybridized carbons (Fsp3) is 0.333. The summed E-state index contributed by atoms with van der Waals surface area (Å²) in [7, 11) is 0. The number of rotatable bonds is 1. The topological polar surface area (TPSA) is 85.9 Å². The Morgan fingerprint density at radius 1 is 1.57 bits per heavy atom. The van der Waals surface area contributed by atoms with E-state index in [1.165, 1.54) is 6.07 Å². The predicted molar refractivity (Wildman–Crippen MR) is 53.0 cm³/mol. The smallest absolute Gasteiger partial charge is 0.251 e. The predicted octanol–water partition coefficient (Wildman–Crippen LogP) is 0.0389. The number of aromatic nitrogens is 1. The van der Waals surface area contributed by atoms with Crippen molar-refractivity contribution in [3.05, 3.63) is 22.0 Å². The molecule has 0 radical (unpaired) electrons. The summed E-state index contributed by atoms with van der Waals surface area (Å²) in [4.78, 5) is 15.7. The average Bonchev–Trinajstić information content (AvgIpc) is 1.99. The third-order valence-corrected chi connectivity index (χ3v) is 2.34. The summed E-state index contributed by atoms with van der Waals surface area (Å²) in [6.07, 6.45) is 1.09. The first-order chi connectivity index (χ1) is 6.72. The lowest BCUT2D eigenvalue weighted by Crippen LogP contribution is -2.39. The molecule has 2 rings (SSSR count). The normalized spacial score (nSPS) is 14.6. The molecule has 1 aromatic heterocycles. The van der Waals surface area contributed by atoms with Crippen LogP contribution in [0.5, 0.6) is 0 Å². The molecule has 0 spiro atoms. The fourth-order valence-electron chi connectivity index (χ4n) is 1.46. The largest absolute Gasteiger partial charge is 0.397 e. The average molecular weight is 190 g/mol. The number of pyridine rings is 1. The SMILES string of the molecule is N#Cc1c(N)cc(=O)[nH]c1N1CCC1. The zero-order valence-electron chi connectivity index (χ0n) is 7.58. The molecular formula is C9H10N4O. The zero-order chi connectivity index (χ0) is 10.1. The van der Waals surface area contributed by atoms with Gasteiger partial charge in [0, 0.05) is 19.2 Å². The maximum Gasteiger partial charge on any atom is 0.251 e. The summed E-state index contributed by atoms with van der Waals surface area (Å²) >= 11 is 0. The Morgan fingerprint density at radius 3 is 2.79 bits per heavy atom. The van der Waals surface area contributed by atoms with Crippen molar-refractivity contribution < 1.29 is 0 Å². The van der Waals surface area contributed by atoms with Crippen LogP contribution in [-0.2, 0) is 0 Å². The summed E-state index contributed by atoms with van der Waals surface area (Å²) in [6.45, 7) is 1.74.